The Kier molecular flexibility index (Phi) is 3.29. The summed E-state index contributed by atoms with van der Waals surface area (Å²) in [6.07, 6.45) is -1.93. The smallest absolute Gasteiger partial charge is 0.393 e. The highest BCUT2D eigenvalue weighted by Crippen LogP contribution is 2.66. The molecular formula is C19H32O5S. The van der Waals surface area contributed by atoms with Crippen LogP contribution in [0.4, 0.5) is 0 Å². The fraction of sp³-hybridized carbons (Fsp3) is 1.00. The minimum absolute atomic E-state index is 0.00246. The third-order valence-corrected chi connectivity index (χ3v) is 8.49. The first-order chi connectivity index (χ1) is 13.1. The molecule has 4 saturated carbocycles. The molecule has 0 aromatic heterocycles. The molecule has 4 rings (SSSR count). The van der Waals surface area contributed by atoms with Crippen molar-refractivity contribution in [2.75, 3.05) is 0 Å². The quantitative estimate of drug-likeness (QED) is 0.720. The number of fused-ring (bicyclic) bond motifs is 5. The van der Waals surface area contributed by atoms with Crippen molar-refractivity contribution in [3.8, 4) is 0 Å². The van der Waals surface area contributed by atoms with Crippen LogP contribution in [0.1, 0.15) is 77.0 Å². The number of hydrogen-bond acceptors (Lipinski definition) is 4. The van der Waals surface area contributed by atoms with E-state index in [0.29, 0.717) is 18.3 Å². The van der Waals surface area contributed by atoms with E-state index in [9.17, 15) is 13.5 Å². The minimum Gasteiger partial charge on any atom is -0.393 e. The van der Waals surface area contributed by atoms with Crippen molar-refractivity contribution in [1.82, 2.24) is 0 Å². The Morgan fingerprint density at radius 1 is 1.04 bits per heavy atom. The van der Waals surface area contributed by atoms with Crippen LogP contribution in [0, 0.1) is 34.5 Å². The van der Waals surface area contributed by atoms with E-state index < -0.39 is 40.6 Å². The van der Waals surface area contributed by atoms with Crippen molar-refractivity contribution in [2.24, 2.45) is 34.5 Å². The number of rotatable bonds is 2. The molecule has 0 aromatic carbocycles. The van der Waals surface area contributed by atoms with Crippen molar-refractivity contribution in [2.45, 2.75) is 83.7 Å². The third kappa shape index (κ3) is 2.88. The van der Waals surface area contributed by atoms with Gasteiger partial charge in [-0.3, -0.25) is 4.55 Å². The molecule has 0 aromatic rings. The molecule has 5 nitrogen and oxygen atoms in total. The van der Waals surface area contributed by atoms with E-state index in [-0.39, 0.29) is 23.9 Å². The van der Waals surface area contributed by atoms with Crippen LogP contribution in [0.5, 0.6) is 0 Å². The van der Waals surface area contributed by atoms with E-state index >= 15 is 0 Å². The summed E-state index contributed by atoms with van der Waals surface area (Å²) in [6.45, 7) is 4.12. The Morgan fingerprint density at radius 2 is 1.76 bits per heavy atom. The Bertz CT molecular complexity index is 789. The van der Waals surface area contributed by atoms with Gasteiger partial charge in [-0.1, -0.05) is 13.8 Å². The van der Waals surface area contributed by atoms with Crippen LogP contribution in [-0.4, -0.2) is 30.3 Å². The predicted octanol–water partition coefficient (Wildman–Crippen LogP) is 3.58. The molecule has 0 unspecified atom stereocenters. The topological polar surface area (TPSA) is 83.8 Å². The Balaban J connectivity index is 1.70. The van der Waals surface area contributed by atoms with Gasteiger partial charge in [0.25, 0.3) is 0 Å². The first-order valence-corrected chi connectivity index (χ1v) is 10.8. The van der Waals surface area contributed by atoms with Crippen LogP contribution in [0.25, 0.3) is 0 Å². The number of aliphatic hydroxyl groups excluding tert-OH is 1. The maximum atomic E-state index is 11.3. The van der Waals surface area contributed by atoms with Gasteiger partial charge >= 0.3 is 10.4 Å². The zero-order valence-corrected chi connectivity index (χ0v) is 15.8. The Hall–Kier alpha value is -0.170. The summed E-state index contributed by atoms with van der Waals surface area (Å²) in [5.74, 6) is 0.249. The Labute approximate surface area is 157 Å². The van der Waals surface area contributed by atoms with Crippen LogP contribution in [0.15, 0.2) is 0 Å². The lowest BCUT2D eigenvalue weighted by Crippen LogP contribution is -2.54. The van der Waals surface area contributed by atoms with E-state index in [1.54, 1.807) is 0 Å². The van der Waals surface area contributed by atoms with Crippen molar-refractivity contribution >= 4 is 10.4 Å². The second kappa shape index (κ2) is 5.91. The largest absolute Gasteiger partial charge is 0.397 e. The summed E-state index contributed by atoms with van der Waals surface area (Å²) in [5.41, 5.74) is -0.752. The van der Waals surface area contributed by atoms with E-state index in [4.69, 9.17) is 10.0 Å². The van der Waals surface area contributed by atoms with Gasteiger partial charge in [0, 0.05) is 5.48 Å². The average molecular weight is 377 g/mol. The first-order valence-electron chi connectivity index (χ1n) is 11.5. The van der Waals surface area contributed by atoms with Gasteiger partial charge in [0.15, 0.2) is 0 Å². The summed E-state index contributed by atoms with van der Waals surface area (Å²) < 4.78 is 70.6. The van der Waals surface area contributed by atoms with Crippen LogP contribution in [0.3, 0.4) is 0 Å². The lowest BCUT2D eigenvalue weighted by atomic mass is 9.45. The molecule has 0 bridgehead atoms. The molecule has 25 heavy (non-hydrogen) atoms. The standard InChI is InChI=1S/C19H32O5S/c1-18-9-7-13(24-25(21,22)23)11-12(18)3-4-14-15-5-6-17(20)19(15,2)10-8-16(14)18/h12-17,20H,3-11H2,1-2H3,(H,21,22,23)/t12-,13+,14+,15+,16+,17+,18+,19+/m1/s1/i7D2,11D2. The maximum absolute atomic E-state index is 11.3. The number of aliphatic hydroxyl groups is 1. The molecule has 8 atom stereocenters. The summed E-state index contributed by atoms with van der Waals surface area (Å²) in [4.78, 5) is 0. The zero-order valence-electron chi connectivity index (χ0n) is 18.9. The van der Waals surface area contributed by atoms with Crippen LogP contribution < -0.4 is 0 Å². The molecule has 144 valence electrons. The molecule has 0 aliphatic heterocycles. The van der Waals surface area contributed by atoms with Crippen molar-refractivity contribution < 1.29 is 27.7 Å². The molecule has 2 N–H and O–H groups in total. The molecule has 0 heterocycles. The van der Waals surface area contributed by atoms with Crippen molar-refractivity contribution in [3.05, 3.63) is 0 Å². The van der Waals surface area contributed by atoms with Gasteiger partial charge in [0.2, 0.25) is 0 Å². The van der Waals surface area contributed by atoms with Crippen LogP contribution in [0.2, 0.25) is 0 Å². The highest BCUT2D eigenvalue weighted by atomic mass is 32.3. The summed E-state index contributed by atoms with van der Waals surface area (Å²) in [6, 6.07) is 0. The number of hydrogen-bond donors (Lipinski definition) is 2. The molecule has 0 radical (unpaired) electrons. The van der Waals surface area contributed by atoms with Crippen LogP contribution in [-0.2, 0) is 14.6 Å². The van der Waals surface area contributed by atoms with Crippen molar-refractivity contribution in [3.63, 3.8) is 0 Å². The van der Waals surface area contributed by atoms with Gasteiger partial charge in [0.1, 0.15) is 0 Å². The summed E-state index contributed by atoms with van der Waals surface area (Å²) >= 11 is 0. The second-order valence-corrected chi connectivity index (χ2v) is 10.1. The first kappa shape index (κ1) is 13.9. The van der Waals surface area contributed by atoms with Gasteiger partial charge in [-0.25, -0.2) is 4.18 Å². The van der Waals surface area contributed by atoms with Crippen LogP contribution >= 0.6 is 0 Å². The maximum Gasteiger partial charge on any atom is 0.397 e. The zero-order chi connectivity index (χ0) is 21.6. The minimum atomic E-state index is -4.98. The molecule has 0 saturated heterocycles. The highest BCUT2D eigenvalue weighted by Gasteiger charge is 2.60. The molecule has 0 amide bonds. The highest BCUT2D eigenvalue weighted by molar-refractivity contribution is 7.80. The monoisotopic (exact) mass is 376 g/mol. The lowest BCUT2D eigenvalue weighted by molar-refractivity contribution is -0.131. The van der Waals surface area contributed by atoms with E-state index in [1.807, 2.05) is 6.92 Å². The van der Waals surface area contributed by atoms with Gasteiger partial charge in [-0.2, -0.15) is 8.42 Å². The fourth-order valence-corrected chi connectivity index (χ4v) is 7.06. The molecule has 4 aliphatic rings. The van der Waals surface area contributed by atoms with Gasteiger partial charge in [0.05, 0.1) is 12.2 Å². The van der Waals surface area contributed by atoms with Gasteiger partial charge < -0.3 is 5.11 Å². The molecule has 4 fully saturated rings. The van der Waals surface area contributed by atoms with Gasteiger partial charge in [-0.15, -0.1) is 0 Å². The lowest BCUT2D eigenvalue weighted by Gasteiger charge is -2.60. The van der Waals surface area contributed by atoms with E-state index in [1.165, 1.54) is 0 Å². The molecule has 4 aliphatic carbocycles. The average Bonchev–Trinajstić information content (AvgIpc) is 2.85. The van der Waals surface area contributed by atoms with E-state index in [0.717, 1.165) is 32.1 Å². The predicted molar refractivity (Wildman–Crippen MR) is 94.2 cm³/mol. The van der Waals surface area contributed by atoms with Gasteiger partial charge in [-0.05, 0) is 92.2 Å². The molecular weight excluding hydrogens is 340 g/mol. The SMILES string of the molecule is [2H]C1([2H])C[C@@]2(C)[C@H](CC[C@@H]3[C@@H]2CC[C@]2(C)[C@@H](O)CC[C@@H]32)C([2H])([2H])[C@H]1OS(=O)(=O)O. The summed E-state index contributed by atoms with van der Waals surface area (Å²) in [7, 11) is -4.98. The molecule has 6 heteroatoms. The molecule has 0 spiro atoms. The fourth-order valence-electron chi connectivity index (χ4n) is 6.69. The van der Waals surface area contributed by atoms with E-state index in [2.05, 4.69) is 11.1 Å². The normalized spacial score (nSPS) is 59.4. The Morgan fingerprint density at radius 3 is 2.48 bits per heavy atom. The summed E-state index contributed by atoms with van der Waals surface area (Å²) in [5, 5.41) is 10.6. The van der Waals surface area contributed by atoms with Crippen molar-refractivity contribution in [1.29, 1.82) is 0 Å². The second-order valence-electron chi connectivity index (χ2n) is 9.10. The third-order valence-electron chi connectivity index (χ3n) is 8.06.